The monoisotopic (exact) mass is 327 g/mol. The molecule has 0 N–H and O–H groups in total. The van der Waals surface area contributed by atoms with E-state index >= 15 is 0 Å². The molecule has 0 radical (unpaired) electrons. The summed E-state index contributed by atoms with van der Waals surface area (Å²) in [6.07, 6.45) is 3.45. The Bertz CT molecular complexity index is 799. The summed E-state index contributed by atoms with van der Waals surface area (Å²) in [5, 5.41) is 0. The summed E-state index contributed by atoms with van der Waals surface area (Å²) >= 11 is 0. The zero-order chi connectivity index (χ0) is 16.4. The van der Waals surface area contributed by atoms with Gasteiger partial charge in [-0.3, -0.25) is 9.59 Å². The zero-order valence-electron chi connectivity index (χ0n) is 13.3. The maximum atomic E-state index is 13.0. The summed E-state index contributed by atoms with van der Waals surface area (Å²) in [5.74, 6) is 0.955. The minimum atomic E-state index is -0.291. The normalized spacial score (nSPS) is 29.0. The van der Waals surface area contributed by atoms with Crippen LogP contribution in [0.5, 0.6) is 11.5 Å². The van der Waals surface area contributed by atoms with Crippen LogP contribution in [0.15, 0.2) is 23.8 Å². The Morgan fingerprint density at radius 2 is 2.08 bits per heavy atom. The lowest BCUT2D eigenvalue weighted by atomic mass is 9.74. The lowest BCUT2D eigenvalue weighted by Gasteiger charge is -2.43. The van der Waals surface area contributed by atoms with Crippen molar-refractivity contribution in [2.75, 3.05) is 13.3 Å². The SMILES string of the molecule is CC(=O)OC1CC=C2CCN3C(=O)c4cc5c(cc4C1C23)OCO5. The molecule has 1 aliphatic carbocycles. The van der Waals surface area contributed by atoms with Gasteiger partial charge in [0.2, 0.25) is 6.79 Å². The van der Waals surface area contributed by atoms with Crippen LogP contribution in [0, 0.1) is 0 Å². The van der Waals surface area contributed by atoms with Crippen molar-refractivity contribution >= 4 is 11.9 Å². The highest BCUT2D eigenvalue weighted by Gasteiger charge is 2.50. The second-order valence-electron chi connectivity index (χ2n) is 6.67. The van der Waals surface area contributed by atoms with Gasteiger partial charge >= 0.3 is 5.97 Å². The number of carbonyl (C=O) groups is 2. The maximum Gasteiger partial charge on any atom is 0.302 e. The Balaban J connectivity index is 1.69. The van der Waals surface area contributed by atoms with Crippen LogP contribution in [-0.4, -0.2) is 42.3 Å². The zero-order valence-corrected chi connectivity index (χ0v) is 13.3. The third-order valence-corrected chi connectivity index (χ3v) is 5.42. The average molecular weight is 327 g/mol. The molecule has 1 aromatic rings. The molecular formula is C18H17NO5. The van der Waals surface area contributed by atoms with Crippen molar-refractivity contribution in [3.8, 4) is 11.5 Å². The van der Waals surface area contributed by atoms with E-state index in [4.69, 9.17) is 14.2 Å². The highest BCUT2D eigenvalue weighted by molar-refractivity contribution is 5.99. The largest absolute Gasteiger partial charge is 0.461 e. The van der Waals surface area contributed by atoms with Gasteiger partial charge in [-0.15, -0.1) is 0 Å². The van der Waals surface area contributed by atoms with Crippen LogP contribution in [0.1, 0.15) is 41.6 Å². The van der Waals surface area contributed by atoms with Crippen LogP contribution in [0.4, 0.5) is 0 Å². The van der Waals surface area contributed by atoms with Gasteiger partial charge in [0.15, 0.2) is 11.5 Å². The number of benzene rings is 1. The molecule has 6 heteroatoms. The Morgan fingerprint density at radius 3 is 2.88 bits per heavy atom. The maximum absolute atomic E-state index is 13.0. The second-order valence-corrected chi connectivity index (χ2v) is 6.67. The molecule has 0 spiro atoms. The van der Waals surface area contributed by atoms with Gasteiger partial charge < -0.3 is 19.1 Å². The molecule has 3 heterocycles. The molecule has 5 rings (SSSR count). The summed E-state index contributed by atoms with van der Waals surface area (Å²) in [7, 11) is 0. The highest BCUT2D eigenvalue weighted by atomic mass is 16.7. The Morgan fingerprint density at radius 1 is 1.29 bits per heavy atom. The molecule has 0 aromatic heterocycles. The first-order valence-corrected chi connectivity index (χ1v) is 8.24. The van der Waals surface area contributed by atoms with E-state index in [-0.39, 0.29) is 36.7 Å². The topological polar surface area (TPSA) is 65.1 Å². The second kappa shape index (κ2) is 4.75. The summed E-state index contributed by atoms with van der Waals surface area (Å²) in [6, 6.07) is 3.66. The Labute approximate surface area is 139 Å². The Hall–Kier alpha value is -2.50. The quantitative estimate of drug-likeness (QED) is 0.583. The van der Waals surface area contributed by atoms with E-state index in [0.29, 0.717) is 30.0 Å². The van der Waals surface area contributed by atoms with Crippen LogP contribution < -0.4 is 9.47 Å². The van der Waals surface area contributed by atoms with Crippen molar-refractivity contribution in [2.45, 2.75) is 37.8 Å². The number of ether oxygens (including phenoxy) is 3. The molecule has 4 aliphatic rings. The van der Waals surface area contributed by atoms with Crippen molar-refractivity contribution in [1.82, 2.24) is 4.90 Å². The first-order chi connectivity index (χ1) is 11.6. The number of fused-ring (bicyclic) bond motifs is 3. The highest BCUT2D eigenvalue weighted by Crippen LogP contribution is 2.50. The van der Waals surface area contributed by atoms with Crippen LogP contribution >= 0.6 is 0 Å². The molecule has 3 unspecified atom stereocenters. The third-order valence-electron chi connectivity index (χ3n) is 5.42. The van der Waals surface area contributed by atoms with Crippen LogP contribution in [-0.2, 0) is 9.53 Å². The fourth-order valence-electron chi connectivity index (χ4n) is 4.51. The van der Waals surface area contributed by atoms with Crippen molar-refractivity contribution in [2.24, 2.45) is 0 Å². The summed E-state index contributed by atoms with van der Waals surface area (Å²) in [5.41, 5.74) is 2.82. The summed E-state index contributed by atoms with van der Waals surface area (Å²) < 4.78 is 16.5. The number of rotatable bonds is 1. The van der Waals surface area contributed by atoms with Crippen molar-refractivity contribution in [3.05, 3.63) is 34.9 Å². The number of nitrogens with zero attached hydrogens (tertiary/aromatic N) is 1. The number of hydrogen-bond donors (Lipinski definition) is 0. The van der Waals surface area contributed by atoms with E-state index in [9.17, 15) is 9.59 Å². The molecule has 0 saturated carbocycles. The standard InChI is InChI=1S/C18H17NO5/c1-9(20)24-13-3-2-10-4-5-19-17(10)16(13)11-6-14-15(23-8-22-14)7-12(11)18(19)21/h2,6-7,13,16-17H,3-5,8H2,1H3. The minimum absolute atomic E-state index is 0.0107. The summed E-state index contributed by atoms with van der Waals surface area (Å²) in [6.45, 7) is 2.31. The van der Waals surface area contributed by atoms with Gasteiger partial charge in [0, 0.05) is 31.4 Å². The summed E-state index contributed by atoms with van der Waals surface area (Å²) in [4.78, 5) is 26.4. The Kier molecular flexibility index (Phi) is 2.75. The van der Waals surface area contributed by atoms with Gasteiger partial charge in [-0.2, -0.15) is 0 Å². The molecule has 1 amide bonds. The van der Waals surface area contributed by atoms with Crippen molar-refractivity contribution in [1.29, 1.82) is 0 Å². The molecule has 124 valence electrons. The predicted octanol–water partition coefficient (Wildman–Crippen LogP) is 1.99. The van der Waals surface area contributed by atoms with E-state index < -0.39 is 0 Å². The fourth-order valence-corrected chi connectivity index (χ4v) is 4.51. The van der Waals surface area contributed by atoms with Gasteiger partial charge in [0.1, 0.15) is 6.10 Å². The van der Waals surface area contributed by atoms with Crippen LogP contribution in [0.25, 0.3) is 0 Å². The van der Waals surface area contributed by atoms with E-state index in [1.165, 1.54) is 12.5 Å². The number of hydrogen-bond acceptors (Lipinski definition) is 5. The molecule has 3 aliphatic heterocycles. The molecule has 3 atom stereocenters. The van der Waals surface area contributed by atoms with Crippen LogP contribution in [0.3, 0.4) is 0 Å². The van der Waals surface area contributed by atoms with Crippen molar-refractivity contribution < 1.29 is 23.8 Å². The van der Waals surface area contributed by atoms with Crippen molar-refractivity contribution in [3.63, 3.8) is 0 Å². The van der Waals surface area contributed by atoms with E-state index in [1.807, 2.05) is 11.0 Å². The fraction of sp³-hybridized carbons (Fsp3) is 0.444. The lowest BCUT2D eigenvalue weighted by Crippen LogP contribution is -2.50. The average Bonchev–Trinajstić information content (AvgIpc) is 3.18. The predicted molar refractivity (Wildman–Crippen MR) is 83.0 cm³/mol. The molecule has 1 aromatic carbocycles. The third kappa shape index (κ3) is 1.76. The minimum Gasteiger partial charge on any atom is -0.461 e. The lowest BCUT2D eigenvalue weighted by molar-refractivity contribution is -0.148. The van der Waals surface area contributed by atoms with Gasteiger partial charge in [-0.05, 0) is 29.7 Å². The molecule has 1 fully saturated rings. The first-order valence-electron chi connectivity index (χ1n) is 8.24. The first kappa shape index (κ1) is 13.9. The van der Waals surface area contributed by atoms with Gasteiger partial charge in [0.25, 0.3) is 5.91 Å². The number of carbonyl (C=O) groups excluding carboxylic acids is 2. The number of esters is 1. The molecular weight excluding hydrogens is 310 g/mol. The van der Waals surface area contributed by atoms with E-state index in [1.54, 1.807) is 6.07 Å². The van der Waals surface area contributed by atoms with E-state index in [2.05, 4.69) is 6.08 Å². The van der Waals surface area contributed by atoms with Crippen LogP contribution in [0.2, 0.25) is 0 Å². The van der Waals surface area contributed by atoms with Gasteiger partial charge in [-0.25, -0.2) is 0 Å². The molecule has 0 bridgehead atoms. The molecule has 6 nitrogen and oxygen atoms in total. The van der Waals surface area contributed by atoms with E-state index in [0.717, 1.165) is 12.0 Å². The number of amides is 1. The molecule has 1 saturated heterocycles. The smallest absolute Gasteiger partial charge is 0.302 e. The molecule has 24 heavy (non-hydrogen) atoms. The van der Waals surface area contributed by atoms with Gasteiger partial charge in [-0.1, -0.05) is 6.08 Å². The van der Waals surface area contributed by atoms with Gasteiger partial charge in [0.05, 0.1) is 6.04 Å².